The largest absolute Gasteiger partial charge is 0.472 e. The quantitative estimate of drug-likeness (QED) is 0.0243. The zero-order valence-corrected chi connectivity index (χ0v) is 41.8. The van der Waals surface area contributed by atoms with Gasteiger partial charge in [-0.2, -0.15) is 0 Å². The highest BCUT2D eigenvalue weighted by Gasteiger charge is 2.27. The van der Waals surface area contributed by atoms with Crippen molar-refractivity contribution in [3.63, 3.8) is 0 Å². The molecular weight excluding hydrogens is 780 g/mol. The van der Waals surface area contributed by atoms with Gasteiger partial charge < -0.3 is 19.8 Å². The third-order valence-electron chi connectivity index (χ3n) is 11.6. The summed E-state index contributed by atoms with van der Waals surface area (Å²) in [6, 6.07) is -0.864. The highest BCUT2D eigenvalue weighted by Crippen LogP contribution is 2.43. The van der Waals surface area contributed by atoms with E-state index in [-0.39, 0.29) is 19.1 Å². The van der Waals surface area contributed by atoms with E-state index < -0.39 is 20.0 Å². The zero-order chi connectivity index (χ0) is 45.0. The molecular formula is C52H102N2O6P+. The van der Waals surface area contributed by atoms with Gasteiger partial charge in [0, 0.05) is 6.42 Å². The second kappa shape index (κ2) is 43.9. The number of rotatable bonds is 47. The number of carbonyl (C=O) groups is 1. The molecule has 1 amide bonds. The van der Waals surface area contributed by atoms with Crippen LogP contribution in [0, 0.1) is 0 Å². The average molecular weight is 882 g/mol. The fourth-order valence-corrected chi connectivity index (χ4v) is 8.20. The Bertz CT molecular complexity index is 1090. The van der Waals surface area contributed by atoms with E-state index >= 15 is 0 Å². The number of hydrogen-bond donors (Lipinski definition) is 3. The van der Waals surface area contributed by atoms with Crippen LogP contribution >= 0.6 is 7.82 Å². The van der Waals surface area contributed by atoms with Gasteiger partial charge in [0.15, 0.2) is 0 Å². The van der Waals surface area contributed by atoms with Gasteiger partial charge in [0.05, 0.1) is 39.9 Å². The summed E-state index contributed by atoms with van der Waals surface area (Å²) in [4.78, 5) is 23.2. The Kier molecular flexibility index (Phi) is 43.0. The van der Waals surface area contributed by atoms with E-state index in [1.165, 1.54) is 180 Å². The smallest absolute Gasteiger partial charge is 0.387 e. The van der Waals surface area contributed by atoms with Crippen molar-refractivity contribution in [1.82, 2.24) is 5.32 Å². The maximum atomic E-state index is 12.9. The molecule has 61 heavy (non-hydrogen) atoms. The number of nitrogens with one attached hydrogen (secondary N) is 1. The minimum atomic E-state index is -4.35. The zero-order valence-electron chi connectivity index (χ0n) is 40.9. The summed E-state index contributed by atoms with van der Waals surface area (Å²) in [6.45, 7) is 4.81. The van der Waals surface area contributed by atoms with Crippen LogP contribution in [0.15, 0.2) is 36.5 Å². The SMILES string of the molecule is CCCCCCCCCCCCC/C=C\CCCCCCCCCC(=O)NC(COP(=O)(O)OCC[N+](C)(C)C)C(O)/C=C/CC/C=C/CCCCCCCCCCCCC. The fourth-order valence-electron chi connectivity index (χ4n) is 7.46. The molecule has 3 N–H and O–H groups in total. The number of carbonyl (C=O) groups excluding carboxylic acids is 1. The number of allylic oxidation sites excluding steroid dienone is 5. The molecule has 8 nitrogen and oxygen atoms in total. The van der Waals surface area contributed by atoms with E-state index in [0.717, 1.165) is 38.5 Å². The van der Waals surface area contributed by atoms with Gasteiger partial charge >= 0.3 is 7.82 Å². The Balaban J connectivity index is 4.33. The van der Waals surface area contributed by atoms with Crippen molar-refractivity contribution in [2.45, 2.75) is 251 Å². The van der Waals surface area contributed by atoms with Crippen molar-refractivity contribution in [3.8, 4) is 0 Å². The van der Waals surface area contributed by atoms with Gasteiger partial charge in [0.25, 0.3) is 0 Å². The molecule has 0 bridgehead atoms. The first-order valence-corrected chi connectivity index (χ1v) is 27.4. The van der Waals surface area contributed by atoms with Crippen molar-refractivity contribution >= 4 is 13.7 Å². The first-order valence-electron chi connectivity index (χ1n) is 25.9. The van der Waals surface area contributed by atoms with Gasteiger partial charge in [0.2, 0.25) is 5.91 Å². The molecule has 0 heterocycles. The minimum absolute atomic E-state index is 0.0556. The minimum Gasteiger partial charge on any atom is -0.387 e. The highest BCUT2D eigenvalue weighted by molar-refractivity contribution is 7.47. The normalized spacial score (nSPS) is 14.4. The van der Waals surface area contributed by atoms with E-state index in [4.69, 9.17) is 9.05 Å². The van der Waals surface area contributed by atoms with Crippen molar-refractivity contribution in [2.24, 2.45) is 0 Å². The number of aliphatic hydroxyl groups excluding tert-OH is 1. The highest BCUT2D eigenvalue weighted by atomic mass is 31.2. The Labute approximate surface area is 378 Å². The van der Waals surface area contributed by atoms with Crippen molar-refractivity contribution in [1.29, 1.82) is 0 Å². The van der Waals surface area contributed by atoms with E-state index in [2.05, 4.69) is 43.5 Å². The molecule has 3 unspecified atom stereocenters. The predicted octanol–water partition coefficient (Wildman–Crippen LogP) is 15.0. The average Bonchev–Trinajstić information content (AvgIpc) is 3.21. The molecule has 0 aromatic rings. The molecule has 0 saturated carbocycles. The molecule has 3 atom stereocenters. The lowest BCUT2D eigenvalue weighted by molar-refractivity contribution is -0.870. The van der Waals surface area contributed by atoms with Crippen molar-refractivity contribution in [3.05, 3.63) is 36.5 Å². The molecule has 360 valence electrons. The molecule has 0 fully saturated rings. The Hall–Kier alpha value is -1.28. The molecule has 0 rings (SSSR count). The molecule has 0 radical (unpaired) electrons. The van der Waals surface area contributed by atoms with E-state index in [1.54, 1.807) is 6.08 Å². The number of aliphatic hydroxyl groups is 1. The third-order valence-corrected chi connectivity index (χ3v) is 12.6. The predicted molar refractivity (Wildman–Crippen MR) is 263 cm³/mol. The maximum absolute atomic E-state index is 12.9. The monoisotopic (exact) mass is 882 g/mol. The lowest BCUT2D eigenvalue weighted by atomic mass is 10.0. The van der Waals surface area contributed by atoms with E-state index in [9.17, 15) is 19.4 Å². The molecule has 0 aromatic heterocycles. The number of quaternary nitrogens is 1. The number of phosphoric acid groups is 1. The molecule has 0 spiro atoms. The van der Waals surface area contributed by atoms with Gasteiger partial charge in [-0.1, -0.05) is 211 Å². The molecule has 0 aromatic carbocycles. The van der Waals surface area contributed by atoms with Crippen molar-refractivity contribution < 1.29 is 32.9 Å². The lowest BCUT2D eigenvalue weighted by Crippen LogP contribution is -2.45. The first-order chi connectivity index (χ1) is 29.5. The van der Waals surface area contributed by atoms with Crippen LogP contribution in [-0.2, 0) is 18.4 Å². The number of phosphoric ester groups is 1. The van der Waals surface area contributed by atoms with Gasteiger partial charge in [-0.25, -0.2) is 4.57 Å². The number of amides is 1. The summed E-state index contributed by atoms with van der Waals surface area (Å²) in [5.41, 5.74) is 0. The van der Waals surface area contributed by atoms with E-state index in [0.29, 0.717) is 17.4 Å². The third kappa shape index (κ3) is 46.5. The molecule has 0 aliphatic heterocycles. The maximum Gasteiger partial charge on any atom is 0.472 e. The van der Waals surface area contributed by atoms with Gasteiger partial charge in [0.1, 0.15) is 13.2 Å². The fraction of sp³-hybridized carbons (Fsp3) is 0.865. The molecule has 0 saturated heterocycles. The summed E-state index contributed by atoms with van der Waals surface area (Å²) in [6.07, 6.45) is 55.1. The number of nitrogens with zero attached hydrogens (tertiary/aromatic N) is 1. The standard InChI is InChI=1S/C52H101N2O6P/c1-6-8-10-12-14-16-18-20-22-24-25-26-27-28-30-32-34-36-38-40-42-44-46-52(56)53-50(49-60-61(57,58)59-48-47-54(3,4)5)51(55)45-43-41-39-37-35-33-31-29-23-21-19-17-15-13-11-9-7-2/h27-28,35,37,43,45,50-51,55H,6-26,29-34,36,38-42,44,46-49H2,1-5H3,(H-,53,56,57,58)/p+1/b28-27-,37-35+,45-43+. The lowest BCUT2D eigenvalue weighted by Gasteiger charge is -2.25. The first kappa shape index (κ1) is 59.7. The summed E-state index contributed by atoms with van der Waals surface area (Å²) < 4.78 is 23.6. The summed E-state index contributed by atoms with van der Waals surface area (Å²) >= 11 is 0. The summed E-state index contributed by atoms with van der Waals surface area (Å²) in [5, 5.41) is 13.9. The summed E-state index contributed by atoms with van der Waals surface area (Å²) in [5.74, 6) is -0.190. The van der Waals surface area contributed by atoms with Crippen LogP contribution in [-0.4, -0.2) is 73.4 Å². The molecule has 9 heteroatoms. The van der Waals surface area contributed by atoms with Crippen LogP contribution in [0.2, 0.25) is 0 Å². The number of likely N-dealkylation sites (N-methyl/N-ethyl adjacent to an activating group) is 1. The molecule has 0 aliphatic carbocycles. The number of unbranched alkanes of at least 4 members (excludes halogenated alkanes) is 30. The summed E-state index contributed by atoms with van der Waals surface area (Å²) in [7, 11) is 1.56. The van der Waals surface area contributed by atoms with Gasteiger partial charge in [-0.3, -0.25) is 13.8 Å². The van der Waals surface area contributed by atoms with Crippen LogP contribution in [0.4, 0.5) is 0 Å². The van der Waals surface area contributed by atoms with Gasteiger partial charge in [-0.15, -0.1) is 0 Å². The van der Waals surface area contributed by atoms with Crippen LogP contribution in [0.5, 0.6) is 0 Å². The molecule has 0 aliphatic rings. The van der Waals surface area contributed by atoms with E-state index in [1.807, 2.05) is 27.2 Å². The second-order valence-electron chi connectivity index (χ2n) is 18.9. The van der Waals surface area contributed by atoms with Gasteiger partial charge in [-0.05, 0) is 57.8 Å². The topological polar surface area (TPSA) is 105 Å². The number of hydrogen-bond acceptors (Lipinski definition) is 5. The van der Waals surface area contributed by atoms with Crippen LogP contribution in [0.3, 0.4) is 0 Å². The van der Waals surface area contributed by atoms with Crippen molar-refractivity contribution in [2.75, 3.05) is 40.9 Å². The van der Waals surface area contributed by atoms with Crippen LogP contribution in [0.1, 0.15) is 239 Å². The Morgan fingerprint density at radius 1 is 0.541 bits per heavy atom. The van der Waals surface area contributed by atoms with Crippen LogP contribution in [0.25, 0.3) is 0 Å². The Morgan fingerprint density at radius 2 is 0.902 bits per heavy atom. The Morgan fingerprint density at radius 3 is 1.31 bits per heavy atom. The van der Waals surface area contributed by atoms with Crippen LogP contribution < -0.4 is 5.32 Å². The second-order valence-corrected chi connectivity index (χ2v) is 20.3.